The fourth-order valence-corrected chi connectivity index (χ4v) is 3.48. The molecule has 31 heavy (non-hydrogen) atoms. The van der Waals surface area contributed by atoms with E-state index in [0.29, 0.717) is 0 Å². The van der Waals surface area contributed by atoms with Gasteiger partial charge in [-0.05, 0) is 49.5 Å². The van der Waals surface area contributed by atoms with Crippen LogP contribution in [0, 0.1) is 0 Å². The van der Waals surface area contributed by atoms with Crippen LogP contribution in [0.15, 0.2) is 71.2 Å². The molecule has 0 spiro atoms. The number of nitrogens with one attached hydrogen (secondary N) is 2. The van der Waals surface area contributed by atoms with Crippen molar-refractivity contribution in [2.24, 2.45) is 9.98 Å². The first-order valence-electron chi connectivity index (χ1n) is 9.63. The molecule has 0 radical (unpaired) electrons. The summed E-state index contributed by atoms with van der Waals surface area (Å²) < 4.78 is 0. The molecule has 8 heteroatoms. The van der Waals surface area contributed by atoms with Crippen molar-refractivity contribution in [3.63, 3.8) is 0 Å². The third-order valence-electron chi connectivity index (χ3n) is 4.98. The minimum Gasteiger partial charge on any atom is -0.353 e. The van der Waals surface area contributed by atoms with E-state index >= 15 is 0 Å². The van der Waals surface area contributed by atoms with Gasteiger partial charge in [-0.15, -0.1) is 0 Å². The van der Waals surface area contributed by atoms with Crippen molar-refractivity contribution in [2.75, 3.05) is 0 Å². The second kappa shape index (κ2) is 7.75. The topological polar surface area (TPSA) is 108 Å². The highest BCUT2D eigenvalue weighted by atomic mass is 15.1. The van der Waals surface area contributed by atoms with Crippen LogP contribution in [-0.4, -0.2) is 43.2 Å². The lowest BCUT2D eigenvalue weighted by molar-refractivity contribution is 1.11. The average Bonchev–Trinajstić information content (AvgIpc) is 3.43. The van der Waals surface area contributed by atoms with Crippen LogP contribution in [0.1, 0.15) is 12.6 Å². The van der Waals surface area contributed by atoms with Crippen LogP contribution in [0.3, 0.4) is 0 Å². The van der Waals surface area contributed by atoms with Gasteiger partial charge in [0, 0.05) is 34.9 Å². The lowest BCUT2D eigenvalue weighted by atomic mass is 10.1. The highest BCUT2D eigenvalue weighted by molar-refractivity contribution is 5.99. The Morgan fingerprint density at radius 2 is 1.90 bits per heavy atom. The summed E-state index contributed by atoms with van der Waals surface area (Å²) in [5.74, 6) is 0. The Kier molecular flexibility index (Phi) is 4.64. The number of aromatic amines is 2. The van der Waals surface area contributed by atoms with Gasteiger partial charge in [0.25, 0.3) is 0 Å². The summed E-state index contributed by atoms with van der Waals surface area (Å²) in [7, 11) is 0. The standard InChI is InChI=1S/C23H18N8/c1-14(11-25-13-24-2)19-9-16-21(12-28-19)30-31-23(16)20-10-15-17(29-20)6-8-27-22(15)18-5-3-4-7-26-18/h3-13,29H,2H2,1H3,(H,30,31)/b14-11+,25-13-. The molecule has 0 aliphatic rings. The van der Waals surface area contributed by atoms with Crippen molar-refractivity contribution in [1.82, 2.24) is 30.1 Å². The molecule has 0 aromatic carbocycles. The maximum absolute atomic E-state index is 4.55. The molecular weight excluding hydrogens is 388 g/mol. The molecule has 0 aliphatic carbocycles. The van der Waals surface area contributed by atoms with Crippen molar-refractivity contribution in [3.8, 4) is 22.8 Å². The number of H-pyrrole nitrogens is 2. The molecule has 0 aliphatic heterocycles. The Hall–Kier alpha value is -4.46. The predicted molar refractivity (Wildman–Crippen MR) is 124 cm³/mol. The molecule has 0 amide bonds. The molecule has 0 unspecified atom stereocenters. The van der Waals surface area contributed by atoms with E-state index in [1.165, 1.54) is 6.34 Å². The first-order chi connectivity index (χ1) is 15.2. The lowest BCUT2D eigenvalue weighted by Gasteiger charge is -2.00. The Morgan fingerprint density at radius 1 is 1.00 bits per heavy atom. The molecular formula is C23H18N8. The molecule has 0 bridgehead atoms. The summed E-state index contributed by atoms with van der Waals surface area (Å²) in [6.45, 7) is 5.33. The minimum atomic E-state index is 0.809. The average molecular weight is 406 g/mol. The molecule has 5 aromatic heterocycles. The van der Waals surface area contributed by atoms with E-state index in [1.54, 1.807) is 24.8 Å². The van der Waals surface area contributed by atoms with Gasteiger partial charge in [0.1, 0.15) is 12.0 Å². The molecule has 5 aromatic rings. The molecule has 0 saturated heterocycles. The van der Waals surface area contributed by atoms with Crippen LogP contribution in [0.25, 0.3) is 50.2 Å². The third kappa shape index (κ3) is 3.40. The van der Waals surface area contributed by atoms with Crippen LogP contribution in [0.2, 0.25) is 0 Å². The number of aliphatic imine (C=N–C) groups is 2. The van der Waals surface area contributed by atoms with E-state index in [9.17, 15) is 0 Å². The van der Waals surface area contributed by atoms with Crippen molar-refractivity contribution in [3.05, 3.63) is 66.9 Å². The molecule has 150 valence electrons. The number of nitrogens with zero attached hydrogens (tertiary/aromatic N) is 6. The van der Waals surface area contributed by atoms with Crippen LogP contribution >= 0.6 is 0 Å². The van der Waals surface area contributed by atoms with E-state index in [0.717, 1.165) is 55.8 Å². The van der Waals surface area contributed by atoms with Gasteiger partial charge in [0.2, 0.25) is 0 Å². The normalized spacial score (nSPS) is 12.2. The van der Waals surface area contributed by atoms with Crippen LogP contribution in [0.5, 0.6) is 0 Å². The number of hydrogen-bond donors (Lipinski definition) is 2. The second-order valence-corrected chi connectivity index (χ2v) is 6.97. The van der Waals surface area contributed by atoms with E-state index in [4.69, 9.17) is 0 Å². The maximum Gasteiger partial charge on any atom is 0.116 e. The van der Waals surface area contributed by atoms with Gasteiger partial charge >= 0.3 is 0 Å². The third-order valence-corrected chi connectivity index (χ3v) is 4.98. The first kappa shape index (κ1) is 18.6. The molecule has 0 saturated carbocycles. The van der Waals surface area contributed by atoms with E-state index in [-0.39, 0.29) is 0 Å². The van der Waals surface area contributed by atoms with Crippen LogP contribution in [0.4, 0.5) is 0 Å². The van der Waals surface area contributed by atoms with E-state index in [1.807, 2.05) is 37.3 Å². The minimum absolute atomic E-state index is 0.809. The number of pyridine rings is 3. The van der Waals surface area contributed by atoms with Crippen LogP contribution < -0.4 is 0 Å². The second-order valence-electron chi connectivity index (χ2n) is 6.97. The molecule has 8 nitrogen and oxygen atoms in total. The van der Waals surface area contributed by atoms with Gasteiger partial charge in [0.15, 0.2) is 0 Å². The van der Waals surface area contributed by atoms with Gasteiger partial charge in [-0.1, -0.05) is 6.07 Å². The summed E-state index contributed by atoms with van der Waals surface area (Å²) in [4.78, 5) is 24.7. The molecule has 5 heterocycles. The van der Waals surface area contributed by atoms with E-state index in [2.05, 4.69) is 52.9 Å². The zero-order valence-corrected chi connectivity index (χ0v) is 16.7. The molecule has 0 atom stereocenters. The molecule has 0 fully saturated rings. The predicted octanol–water partition coefficient (Wildman–Crippen LogP) is 4.65. The largest absolute Gasteiger partial charge is 0.353 e. The Labute approximate surface area is 177 Å². The van der Waals surface area contributed by atoms with Gasteiger partial charge in [-0.3, -0.25) is 25.0 Å². The smallest absolute Gasteiger partial charge is 0.116 e. The Balaban J connectivity index is 1.63. The molecule has 2 N–H and O–H groups in total. The first-order valence-corrected chi connectivity index (χ1v) is 9.63. The zero-order chi connectivity index (χ0) is 21.2. The zero-order valence-electron chi connectivity index (χ0n) is 16.7. The van der Waals surface area contributed by atoms with Crippen molar-refractivity contribution < 1.29 is 0 Å². The monoisotopic (exact) mass is 406 g/mol. The summed E-state index contributed by atoms with van der Waals surface area (Å²) in [5, 5.41) is 9.55. The van der Waals surface area contributed by atoms with E-state index < -0.39 is 0 Å². The summed E-state index contributed by atoms with van der Waals surface area (Å²) in [5.41, 5.74) is 6.89. The quantitative estimate of drug-likeness (QED) is 0.327. The van der Waals surface area contributed by atoms with Gasteiger partial charge in [-0.25, -0.2) is 4.99 Å². The SMILES string of the molecule is C=N/C=N\C=C(/C)c1cc2c(-c3cc4c(-c5ccccn5)nccc4[nH]3)n[nH]c2cn1. The van der Waals surface area contributed by atoms with Gasteiger partial charge in [0.05, 0.1) is 34.5 Å². The van der Waals surface area contributed by atoms with Crippen molar-refractivity contribution in [1.29, 1.82) is 0 Å². The highest BCUT2D eigenvalue weighted by Crippen LogP contribution is 2.32. The van der Waals surface area contributed by atoms with Crippen molar-refractivity contribution >= 4 is 40.4 Å². The number of allylic oxidation sites excluding steroid dienone is 1. The summed E-state index contributed by atoms with van der Waals surface area (Å²) >= 11 is 0. The van der Waals surface area contributed by atoms with Crippen molar-refractivity contribution in [2.45, 2.75) is 6.92 Å². The number of aromatic nitrogens is 6. The lowest BCUT2D eigenvalue weighted by Crippen LogP contribution is -1.86. The molecule has 5 rings (SSSR count). The Morgan fingerprint density at radius 3 is 2.74 bits per heavy atom. The Bertz CT molecular complexity index is 1460. The summed E-state index contributed by atoms with van der Waals surface area (Å²) in [6, 6.07) is 11.8. The summed E-state index contributed by atoms with van der Waals surface area (Å²) in [6.07, 6.45) is 8.42. The fourth-order valence-electron chi connectivity index (χ4n) is 3.48. The van der Waals surface area contributed by atoms with Crippen LogP contribution in [-0.2, 0) is 0 Å². The number of fused-ring (bicyclic) bond motifs is 2. The number of rotatable bonds is 5. The van der Waals surface area contributed by atoms with Gasteiger partial charge in [-0.2, -0.15) is 5.10 Å². The number of hydrogen-bond acceptors (Lipinski definition) is 5. The highest BCUT2D eigenvalue weighted by Gasteiger charge is 2.15. The maximum atomic E-state index is 4.55. The fraction of sp³-hybridized carbons (Fsp3) is 0.0435. The van der Waals surface area contributed by atoms with Gasteiger partial charge < -0.3 is 4.98 Å².